The predicted octanol–water partition coefficient (Wildman–Crippen LogP) is 3.44. The molecule has 0 radical (unpaired) electrons. The highest BCUT2D eigenvalue weighted by atomic mass is 79.9. The molecule has 1 atom stereocenters. The molecule has 0 spiro atoms. The molecule has 1 fully saturated rings. The first-order valence-electron chi connectivity index (χ1n) is 6.77. The third-order valence-electron chi connectivity index (χ3n) is 3.68. The maximum Gasteiger partial charge on any atom is 0.128 e. The molecule has 1 aromatic rings. The summed E-state index contributed by atoms with van der Waals surface area (Å²) in [7, 11) is 0. The lowest BCUT2D eigenvalue weighted by Gasteiger charge is -2.33. The molecule has 3 nitrogen and oxygen atoms in total. The Bertz CT molecular complexity index is 395. The summed E-state index contributed by atoms with van der Waals surface area (Å²) in [4.78, 5) is 6.98. The number of piperidine rings is 1. The molecule has 4 heteroatoms. The average molecular weight is 312 g/mol. The topological polar surface area (TPSA) is 28.2 Å². The molecule has 2 heterocycles. The molecule has 0 bridgehead atoms. The van der Waals surface area contributed by atoms with E-state index in [1.807, 2.05) is 6.20 Å². The van der Waals surface area contributed by atoms with Gasteiger partial charge in [0.05, 0.1) is 0 Å². The van der Waals surface area contributed by atoms with E-state index in [0.29, 0.717) is 0 Å². The lowest BCUT2D eigenvalue weighted by atomic mass is 10.0. The van der Waals surface area contributed by atoms with Crippen LogP contribution < -0.4 is 5.32 Å². The summed E-state index contributed by atoms with van der Waals surface area (Å²) >= 11 is 3.44. The van der Waals surface area contributed by atoms with Crippen LogP contribution in [0.1, 0.15) is 31.7 Å². The van der Waals surface area contributed by atoms with Crippen molar-refractivity contribution in [1.29, 1.82) is 0 Å². The minimum absolute atomic E-state index is 0.736. The van der Waals surface area contributed by atoms with Crippen molar-refractivity contribution >= 4 is 21.7 Å². The Hall–Kier alpha value is -0.610. The second-order valence-corrected chi connectivity index (χ2v) is 6.04. The fourth-order valence-corrected chi connectivity index (χ4v) is 2.98. The summed E-state index contributed by atoms with van der Waals surface area (Å²) in [5.74, 6) is 1.00. The number of likely N-dealkylation sites (tertiary alicyclic amines) is 1. The van der Waals surface area contributed by atoms with E-state index in [0.717, 1.165) is 29.4 Å². The zero-order valence-electron chi connectivity index (χ0n) is 11.2. The lowest BCUT2D eigenvalue weighted by molar-refractivity contribution is 0.167. The van der Waals surface area contributed by atoms with E-state index in [2.05, 4.69) is 51.0 Å². The van der Waals surface area contributed by atoms with Gasteiger partial charge in [0, 0.05) is 29.8 Å². The van der Waals surface area contributed by atoms with Gasteiger partial charge in [0.15, 0.2) is 0 Å². The second kappa shape index (κ2) is 6.53. The van der Waals surface area contributed by atoms with Crippen LogP contribution in [0.5, 0.6) is 0 Å². The van der Waals surface area contributed by atoms with Crippen molar-refractivity contribution in [2.24, 2.45) is 0 Å². The van der Waals surface area contributed by atoms with Gasteiger partial charge in [-0.15, -0.1) is 0 Å². The Morgan fingerprint density at radius 2 is 2.33 bits per heavy atom. The van der Waals surface area contributed by atoms with E-state index in [4.69, 9.17) is 0 Å². The molecular weight excluding hydrogens is 290 g/mol. The monoisotopic (exact) mass is 311 g/mol. The molecule has 0 amide bonds. The fraction of sp³-hybridized carbons (Fsp3) is 0.643. The van der Waals surface area contributed by atoms with Crippen molar-refractivity contribution in [1.82, 2.24) is 9.88 Å². The van der Waals surface area contributed by atoms with Gasteiger partial charge in [-0.25, -0.2) is 4.98 Å². The average Bonchev–Trinajstić information content (AvgIpc) is 2.34. The molecule has 1 aliphatic heterocycles. The second-order valence-electron chi connectivity index (χ2n) is 5.13. The number of anilines is 1. The third kappa shape index (κ3) is 3.69. The van der Waals surface area contributed by atoms with Crippen LogP contribution in [0.2, 0.25) is 0 Å². The van der Waals surface area contributed by atoms with E-state index in [1.165, 1.54) is 31.4 Å². The van der Waals surface area contributed by atoms with Gasteiger partial charge in [-0.05, 0) is 60.8 Å². The quantitative estimate of drug-likeness (QED) is 0.923. The minimum Gasteiger partial charge on any atom is -0.369 e. The Kier molecular flexibility index (Phi) is 5.01. The maximum absolute atomic E-state index is 4.40. The van der Waals surface area contributed by atoms with Crippen LogP contribution in [0, 0.1) is 6.92 Å². The predicted molar refractivity (Wildman–Crippen MR) is 80.0 cm³/mol. The van der Waals surface area contributed by atoms with Crippen molar-refractivity contribution in [3.8, 4) is 0 Å². The number of halogens is 1. The first-order chi connectivity index (χ1) is 8.66. The Balaban J connectivity index is 1.81. The molecule has 1 aliphatic rings. The standard InChI is InChI=1S/C14H22BrN3/c1-11-9-13(15)10-17-14(11)16-6-8-18-7-4-3-5-12(18)2/h9-10,12H,3-8H2,1-2H3,(H,16,17). The van der Waals surface area contributed by atoms with E-state index in [1.54, 1.807) is 0 Å². The molecule has 1 saturated heterocycles. The van der Waals surface area contributed by atoms with Gasteiger partial charge < -0.3 is 5.32 Å². The number of aryl methyl sites for hydroxylation is 1. The van der Waals surface area contributed by atoms with Crippen LogP contribution in [0.25, 0.3) is 0 Å². The summed E-state index contributed by atoms with van der Waals surface area (Å²) < 4.78 is 1.04. The molecule has 0 saturated carbocycles. The van der Waals surface area contributed by atoms with Crippen molar-refractivity contribution in [3.05, 3.63) is 22.3 Å². The van der Waals surface area contributed by atoms with Crippen LogP contribution >= 0.6 is 15.9 Å². The van der Waals surface area contributed by atoms with Crippen LogP contribution in [0.4, 0.5) is 5.82 Å². The molecule has 1 N–H and O–H groups in total. The third-order valence-corrected chi connectivity index (χ3v) is 4.11. The molecule has 1 aromatic heterocycles. The van der Waals surface area contributed by atoms with Gasteiger partial charge in [0.1, 0.15) is 5.82 Å². The fourth-order valence-electron chi connectivity index (χ4n) is 2.53. The molecule has 18 heavy (non-hydrogen) atoms. The van der Waals surface area contributed by atoms with Crippen molar-refractivity contribution < 1.29 is 0 Å². The van der Waals surface area contributed by atoms with E-state index < -0.39 is 0 Å². The highest BCUT2D eigenvalue weighted by Crippen LogP contribution is 2.18. The molecule has 0 aromatic carbocycles. The smallest absolute Gasteiger partial charge is 0.128 e. The van der Waals surface area contributed by atoms with E-state index in [-0.39, 0.29) is 0 Å². The Morgan fingerprint density at radius 3 is 3.06 bits per heavy atom. The van der Waals surface area contributed by atoms with E-state index in [9.17, 15) is 0 Å². The highest BCUT2D eigenvalue weighted by Gasteiger charge is 2.17. The van der Waals surface area contributed by atoms with Crippen LogP contribution in [0.15, 0.2) is 16.7 Å². The number of hydrogen-bond donors (Lipinski definition) is 1. The molecule has 1 unspecified atom stereocenters. The number of hydrogen-bond acceptors (Lipinski definition) is 3. The number of nitrogens with one attached hydrogen (secondary N) is 1. The lowest BCUT2D eigenvalue weighted by Crippen LogP contribution is -2.40. The zero-order chi connectivity index (χ0) is 13.0. The van der Waals surface area contributed by atoms with Crippen molar-refractivity contribution in [3.63, 3.8) is 0 Å². The van der Waals surface area contributed by atoms with Gasteiger partial charge in [-0.2, -0.15) is 0 Å². The van der Waals surface area contributed by atoms with Gasteiger partial charge in [-0.3, -0.25) is 4.90 Å². The van der Waals surface area contributed by atoms with Gasteiger partial charge in [0.25, 0.3) is 0 Å². The largest absolute Gasteiger partial charge is 0.369 e. The number of pyridine rings is 1. The molecule has 2 rings (SSSR count). The Labute approximate surface area is 118 Å². The summed E-state index contributed by atoms with van der Waals surface area (Å²) in [6.07, 6.45) is 5.92. The van der Waals surface area contributed by atoms with Crippen LogP contribution in [-0.4, -0.2) is 35.6 Å². The van der Waals surface area contributed by atoms with Crippen molar-refractivity contribution in [2.45, 2.75) is 39.2 Å². The zero-order valence-corrected chi connectivity index (χ0v) is 12.8. The normalized spacial score (nSPS) is 20.9. The van der Waals surface area contributed by atoms with Crippen LogP contribution in [0.3, 0.4) is 0 Å². The maximum atomic E-state index is 4.40. The molecule has 0 aliphatic carbocycles. The first kappa shape index (κ1) is 13.8. The van der Waals surface area contributed by atoms with Crippen LogP contribution in [-0.2, 0) is 0 Å². The number of aromatic nitrogens is 1. The highest BCUT2D eigenvalue weighted by molar-refractivity contribution is 9.10. The van der Waals surface area contributed by atoms with Gasteiger partial charge >= 0.3 is 0 Å². The Morgan fingerprint density at radius 1 is 1.50 bits per heavy atom. The summed E-state index contributed by atoms with van der Waals surface area (Å²) in [6, 6.07) is 2.83. The number of nitrogens with zero attached hydrogens (tertiary/aromatic N) is 2. The minimum atomic E-state index is 0.736. The van der Waals surface area contributed by atoms with Gasteiger partial charge in [-0.1, -0.05) is 6.42 Å². The molecular formula is C14H22BrN3. The summed E-state index contributed by atoms with van der Waals surface area (Å²) in [5.41, 5.74) is 1.19. The number of rotatable bonds is 4. The van der Waals surface area contributed by atoms with E-state index >= 15 is 0 Å². The summed E-state index contributed by atoms with van der Waals surface area (Å²) in [5, 5.41) is 3.43. The van der Waals surface area contributed by atoms with Gasteiger partial charge in [0.2, 0.25) is 0 Å². The SMILES string of the molecule is Cc1cc(Br)cnc1NCCN1CCCCC1C. The first-order valence-corrected chi connectivity index (χ1v) is 7.56. The molecule has 100 valence electrons. The summed E-state index contributed by atoms with van der Waals surface area (Å²) in [6.45, 7) is 7.75. The van der Waals surface area contributed by atoms with Crippen molar-refractivity contribution in [2.75, 3.05) is 25.0 Å².